The Hall–Kier alpha value is -2.58. The summed E-state index contributed by atoms with van der Waals surface area (Å²) >= 11 is 16.7. The van der Waals surface area contributed by atoms with Crippen LogP contribution in [0.4, 0.5) is 5.69 Å². The third-order valence-corrected chi connectivity index (χ3v) is 8.97. The Morgan fingerprint density at radius 2 is 1.74 bits per heavy atom. The lowest BCUT2D eigenvalue weighted by Crippen LogP contribution is -2.57. The lowest BCUT2D eigenvalue weighted by atomic mass is 9.59. The number of carbonyl (C=O) groups is 2. The number of fused-ring (bicyclic) bond motifs is 2. The molecule has 6 rings (SSSR count). The number of rotatable bonds is 4. The van der Waals surface area contributed by atoms with Crippen molar-refractivity contribution in [3.63, 3.8) is 0 Å². The van der Waals surface area contributed by atoms with E-state index in [2.05, 4.69) is 31.9 Å². The minimum atomic E-state index is -1.19. The fourth-order valence-electron chi connectivity index (χ4n) is 6.22. The van der Waals surface area contributed by atoms with Crippen molar-refractivity contribution in [1.29, 1.82) is 0 Å². The van der Waals surface area contributed by atoms with Crippen LogP contribution in [-0.2, 0) is 15.0 Å². The van der Waals surface area contributed by atoms with Crippen LogP contribution in [0.3, 0.4) is 0 Å². The average Bonchev–Trinajstić information content (AvgIpc) is 3.18. The standard InChI is InChI=1S/C29H26BrCl2N3O3/c30-16-5-8-25(38-18-9-11-33-12-10-18)20(13-16)22-15-26(36)35-27(19-3-1-2-4-23(19)32)29(22)21-7-6-17(31)14-24(21)34-28(29)37/h1-8,13-14,18,22,27,33H,9-12,15H2,(H,34,37)(H,35,36)/t22-,27-,29-/m1/s1. The van der Waals surface area contributed by atoms with Crippen molar-refractivity contribution in [1.82, 2.24) is 10.6 Å². The first-order chi connectivity index (χ1) is 18.4. The highest BCUT2D eigenvalue weighted by Crippen LogP contribution is 2.59. The van der Waals surface area contributed by atoms with E-state index in [1.807, 2.05) is 42.5 Å². The molecule has 2 saturated heterocycles. The third-order valence-electron chi connectivity index (χ3n) is 7.89. The molecule has 0 aromatic heterocycles. The normalized spacial score (nSPS) is 25.1. The molecule has 6 nitrogen and oxygen atoms in total. The Balaban J connectivity index is 1.58. The van der Waals surface area contributed by atoms with Gasteiger partial charge in [0.05, 0.1) is 6.04 Å². The number of carbonyl (C=O) groups excluding carboxylic acids is 2. The van der Waals surface area contributed by atoms with Gasteiger partial charge in [-0.25, -0.2) is 0 Å². The fraction of sp³-hybridized carbons (Fsp3) is 0.310. The van der Waals surface area contributed by atoms with Crippen LogP contribution in [0.2, 0.25) is 10.0 Å². The second-order valence-corrected chi connectivity index (χ2v) is 11.8. The topological polar surface area (TPSA) is 79.5 Å². The van der Waals surface area contributed by atoms with Crippen molar-refractivity contribution in [3.8, 4) is 5.75 Å². The molecule has 0 radical (unpaired) electrons. The number of anilines is 1. The van der Waals surface area contributed by atoms with E-state index in [4.69, 9.17) is 27.9 Å². The number of hydrogen-bond donors (Lipinski definition) is 3. The van der Waals surface area contributed by atoms with Gasteiger partial charge in [-0.2, -0.15) is 0 Å². The minimum absolute atomic E-state index is 0.0485. The van der Waals surface area contributed by atoms with Crippen molar-refractivity contribution in [2.75, 3.05) is 18.4 Å². The average molecular weight is 615 g/mol. The lowest BCUT2D eigenvalue weighted by molar-refractivity contribution is -0.131. The predicted molar refractivity (Wildman–Crippen MR) is 152 cm³/mol. The maximum atomic E-state index is 14.3. The molecule has 3 aliphatic heterocycles. The zero-order chi connectivity index (χ0) is 26.4. The lowest BCUT2D eigenvalue weighted by Gasteiger charge is -2.47. The third kappa shape index (κ3) is 4.30. The van der Waals surface area contributed by atoms with Gasteiger partial charge in [0.1, 0.15) is 17.3 Å². The van der Waals surface area contributed by atoms with Gasteiger partial charge in [-0.3, -0.25) is 9.59 Å². The van der Waals surface area contributed by atoms with Crippen molar-refractivity contribution in [2.24, 2.45) is 0 Å². The summed E-state index contributed by atoms with van der Waals surface area (Å²) in [5, 5.41) is 10.6. The van der Waals surface area contributed by atoms with Gasteiger partial charge in [0, 0.05) is 38.1 Å². The molecular formula is C29H26BrCl2N3O3. The van der Waals surface area contributed by atoms with Crippen molar-refractivity contribution >= 4 is 56.6 Å². The number of ether oxygens (including phenoxy) is 1. The summed E-state index contributed by atoms with van der Waals surface area (Å²) in [6.45, 7) is 1.77. The Labute approximate surface area is 239 Å². The van der Waals surface area contributed by atoms with Crippen LogP contribution in [0, 0.1) is 0 Å². The monoisotopic (exact) mass is 613 g/mol. The van der Waals surface area contributed by atoms with Crippen molar-refractivity contribution in [3.05, 3.63) is 91.9 Å². The molecule has 3 aromatic carbocycles. The Bertz CT molecular complexity index is 1430. The highest BCUT2D eigenvalue weighted by molar-refractivity contribution is 9.10. The Morgan fingerprint density at radius 1 is 0.947 bits per heavy atom. The molecule has 3 aromatic rings. The maximum absolute atomic E-state index is 14.3. The zero-order valence-electron chi connectivity index (χ0n) is 20.4. The molecular weight excluding hydrogens is 589 g/mol. The van der Waals surface area contributed by atoms with Gasteiger partial charge in [-0.05, 0) is 73.5 Å². The first-order valence-electron chi connectivity index (χ1n) is 12.7. The van der Waals surface area contributed by atoms with Crippen LogP contribution in [0.1, 0.15) is 47.9 Å². The summed E-state index contributed by atoms with van der Waals surface area (Å²) in [4.78, 5) is 27.7. The van der Waals surface area contributed by atoms with Crippen LogP contribution in [0.5, 0.6) is 5.75 Å². The van der Waals surface area contributed by atoms with Gasteiger partial charge >= 0.3 is 0 Å². The number of halogens is 3. The van der Waals surface area contributed by atoms with Crippen molar-refractivity contribution < 1.29 is 14.3 Å². The van der Waals surface area contributed by atoms with Gasteiger partial charge in [0.25, 0.3) is 0 Å². The van der Waals surface area contributed by atoms with E-state index in [1.54, 1.807) is 18.2 Å². The second kappa shape index (κ2) is 10.2. The van der Waals surface area contributed by atoms with Crippen LogP contribution in [0.25, 0.3) is 0 Å². The van der Waals surface area contributed by atoms with Gasteiger partial charge in [0.2, 0.25) is 11.8 Å². The number of amides is 2. The van der Waals surface area contributed by atoms with E-state index in [9.17, 15) is 9.59 Å². The quantitative estimate of drug-likeness (QED) is 0.331. The second-order valence-electron chi connectivity index (χ2n) is 10.0. The van der Waals surface area contributed by atoms with E-state index >= 15 is 0 Å². The molecule has 2 fully saturated rings. The molecule has 0 bridgehead atoms. The Morgan fingerprint density at radius 3 is 2.53 bits per heavy atom. The SMILES string of the molecule is O=C1C[C@H](c2cc(Br)ccc2OC2CCNCC2)[C@@]2(C(=O)Nc3cc(Cl)ccc32)[C@@H](c2ccccc2Cl)N1. The Kier molecular flexibility index (Phi) is 6.89. The van der Waals surface area contributed by atoms with E-state index in [0.717, 1.165) is 41.5 Å². The van der Waals surface area contributed by atoms with E-state index in [0.29, 0.717) is 27.0 Å². The summed E-state index contributed by atoms with van der Waals surface area (Å²) in [6, 6.07) is 17.9. The summed E-state index contributed by atoms with van der Waals surface area (Å²) < 4.78 is 7.41. The fourth-order valence-corrected chi connectivity index (χ4v) is 7.02. The minimum Gasteiger partial charge on any atom is -0.490 e. The van der Waals surface area contributed by atoms with E-state index < -0.39 is 17.4 Å². The van der Waals surface area contributed by atoms with Crippen LogP contribution in [-0.4, -0.2) is 31.0 Å². The smallest absolute Gasteiger partial charge is 0.238 e. The number of piperidine rings is 2. The molecule has 38 heavy (non-hydrogen) atoms. The largest absolute Gasteiger partial charge is 0.490 e. The summed E-state index contributed by atoms with van der Waals surface area (Å²) in [7, 11) is 0. The first-order valence-corrected chi connectivity index (χ1v) is 14.2. The zero-order valence-corrected chi connectivity index (χ0v) is 23.5. The molecule has 0 saturated carbocycles. The molecule has 2 amide bonds. The van der Waals surface area contributed by atoms with Gasteiger partial charge in [0.15, 0.2) is 0 Å². The molecule has 9 heteroatoms. The van der Waals surface area contributed by atoms with Crippen LogP contribution in [0.15, 0.2) is 65.1 Å². The predicted octanol–water partition coefficient (Wildman–Crippen LogP) is 6.12. The van der Waals surface area contributed by atoms with Crippen molar-refractivity contribution in [2.45, 2.75) is 42.7 Å². The summed E-state index contributed by atoms with van der Waals surface area (Å²) in [6.07, 6.45) is 1.92. The molecule has 196 valence electrons. The first kappa shape index (κ1) is 25.7. The molecule has 3 heterocycles. The molecule has 3 N–H and O–H groups in total. The molecule has 1 spiro atoms. The molecule has 3 atom stereocenters. The molecule has 0 aliphatic carbocycles. The number of hydrogen-bond acceptors (Lipinski definition) is 4. The van der Waals surface area contributed by atoms with E-state index in [1.165, 1.54) is 0 Å². The van der Waals surface area contributed by atoms with Gasteiger partial charge in [-0.15, -0.1) is 0 Å². The summed E-state index contributed by atoms with van der Waals surface area (Å²) in [5.74, 6) is -0.215. The van der Waals surface area contributed by atoms with Gasteiger partial charge in [-0.1, -0.05) is 63.4 Å². The van der Waals surface area contributed by atoms with Crippen LogP contribution < -0.4 is 20.7 Å². The summed E-state index contributed by atoms with van der Waals surface area (Å²) in [5.41, 5.74) is 1.71. The number of nitrogens with one attached hydrogen (secondary N) is 3. The molecule has 0 unspecified atom stereocenters. The highest BCUT2D eigenvalue weighted by atomic mass is 79.9. The highest BCUT2D eigenvalue weighted by Gasteiger charge is 2.62. The van der Waals surface area contributed by atoms with E-state index in [-0.39, 0.29) is 24.3 Å². The number of benzene rings is 3. The molecule has 3 aliphatic rings. The van der Waals surface area contributed by atoms with Gasteiger partial charge < -0.3 is 20.7 Å². The maximum Gasteiger partial charge on any atom is 0.238 e. The van der Waals surface area contributed by atoms with Crippen LogP contribution >= 0.6 is 39.1 Å².